The lowest BCUT2D eigenvalue weighted by atomic mass is 10.2. The summed E-state index contributed by atoms with van der Waals surface area (Å²) in [5, 5.41) is 11.8. The van der Waals surface area contributed by atoms with Crippen molar-refractivity contribution in [3.8, 4) is 11.4 Å². The lowest BCUT2D eigenvalue weighted by Crippen LogP contribution is -2.00. The van der Waals surface area contributed by atoms with E-state index in [-0.39, 0.29) is 0 Å². The van der Waals surface area contributed by atoms with Gasteiger partial charge in [0.15, 0.2) is 0 Å². The molecular weight excluding hydrogens is 294 g/mol. The molecule has 1 N–H and O–H groups in total. The third-order valence-electron chi connectivity index (χ3n) is 2.80. The summed E-state index contributed by atoms with van der Waals surface area (Å²) in [4.78, 5) is 4.34. The van der Waals surface area contributed by atoms with Crippen LogP contribution in [0.2, 0.25) is 5.02 Å². The number of hydrogen-bond donors (Lipinski definition) is 1. The molecule has 3 aromatic rings. The van der Waals surface area contributed by atoms with E-state index in [2.05, 4.69) is 15.5 Å². The maximum absolute atomic E-state index is 6.15. The van der Waals surface area contributed by atoms with Crippen molar-refractivity contribution in [2.45, 2.75) is 13.5 Å². The van der Waals surface area contributed by atoms with Gasteiger partial charge in [0.1, 0.15) is 0 Å². The summed E-state index contributed by atoms with van der Waals surface area (Å²) in [5.41, 5.74) is 2.95. The van der Waals surface area contributed by atoms with Crippen LogP contribution in [0.5, 0.6) is 0 Å². The van der Waals surface area contributed by atoms with Gasteiger partial charge in [0.25, 0.3) is 0 Å². The first-order valence-corrected chi connectivity index (χ1v) is 7.39. The van der Waals surface area contributed by atoms with E-state index in [9.17, 15) is 0 Å². The van der Waals surface area contributed by atoms with Crippen LogP contribution in [0.1, 0.15) is 11.5 Å². The smallest absolute Gasteiger partial charge is 0.246 e. The number of aromatic nitrogens is 2. The predicted molar refractivity (Wildman–Crippen MR) is 81.1 cm³/mol. The van der Waals surface area contributed by atoms with Crippen molar-refractivity contribution in [2.75, 3.05) is 5.32 Å². The summed E-state index contributed by atoms with van der Waals surface area (Å²) in [6.45, 7) is 2.45. The highest BCUT2D eigenvalue weighted by molar-refractivity contribution is 7.08. The molecule has 4 nitrogen and oxygen atoms in total. The average Bonchev–Trinajstić information content (AvgIpc) is 3.08. The number of nitrogens with zero attached hydrogens (tertiary/aromatic N) is 2. The summed E-state index contributed by atoms with van der Waals surface area (Å²) >= 11 is 7.76. The van der Waals surface area contributed by atoms with Crippen LogP contribution in [-0.4, -0.2) is 10.1 Å². The monoisotopic (exact) mass is 305 g/mol. The summed E-state index contributed by atoms with van der Waals surface area (Å²) < 4.78 is 5.21. The Morgan fingerprint density at radius 2 is 2.25 bits per heavy atom. The standard InChI is InChI=1S/C14H12ClN3OS/c1-9-2-3-12(11(15)6-9)16-7-13-17-14(18-19-13)10-4-5-20-8-10/h2-6,8,16H,7H2,1H3. The van der Waals surface area contributed by atoms with Gasteiger partial charge < -0.3 is 9.84 Å². The van der Waals surface area contributed by atoms with E-state index >= 15 is 0 Å². The molecule has 0 aliphatic rings. The molecule has 102 valence electrons. The zero-order chi connectivity index (χ0) is 13.9. The first kappa shape index (κ1) is 13.1. The van der Waals surface area contributed by atoms with E-state index in [1.54, 1.807) is 11.3 Å². The quantitative estimate of drug-likeness (QED) is 0.777. The van der Waals surface area contributed by atoms with Crippen LogP contribution in [0.4, 0.5) is 5.69 Å². The molecule has 1 aromatic carbocycles. The first-order chi connectivity index (χ1) is 9.72. The second kappa shape index (κ2) is 5.64. The second-order valence-electron chi connectivity index (χ2n) is 4.36. The summed E-state index contributed by atoms with van der Waals surface area (Å²) in [5.74, 6) is 1.14. The average molecular weight is 306 g/mol. The van der Waals surface area contributed by atoms with E-state index in [4.69, 9.17) is 16.1 Å². The number of benzene rings is 1. The van der Waals surface area contributed by atoms with Gasteiger partial charge in [-0.2, -0.15) is 16.3 Å². The van der Waals surface area contributed by atoms with E-state index in [0.29, 0.717) is 23.3 Å². The van der Waals surface area contributed by atoms with Crippen molar-refractivity contribution in [2.24, 2.45) is 0 Å². The minimum absolute atomic E-state index is 0.444. The molecule has 0 radical (unpaired) electrons. The van der Waals surface area contributed by atoms with Crippen LogP contribution in [0.3, 0.4) is 0 Å². The van der Waals surface area contributed by atoms with Crippen LogP contribution in [0, 0.1) is 6.92 Å². The molecule has 0 fully saturated rings. The lowest BCUT2D eigenvalue weighted by Gasteiger charge is -2.06. The number of halogens is 1. The Balaban J connectivity index is 1.70. The molecule has 0 amide bonds. The highest BCUT2D eigenvalue weighted by Gasteiger charge is 2.09. The molecule has 3 rings (SSSR count). The van der Waals surface area contributed by atoms with Gasteiger partial charge in [0, 0.05) is 10.9 Å². The molecule has 0 bridgehead atoms. The minimum atomic E-state index is 0.444. The SMILES string of the molecule is Cc1ccc(NCc2nc(-c3ccsc3)no2)c(Cl)c1. The number of hydrogen-bond acceptors (Lipinski definition) is 5. The number of anilines is 1. The molecule has 0 saturated carbocycles. The molecule has 0 spiro atoms. The Labute approximate surface area is 125 Å². The summed E-state index contributed by atoms with van der Waals surface area (Å²) in [6.07, 6.45) is 0. The largest absolute Gasteiger partial charge is 0.375 e. The van der Waals surface area contributed by atoms with E-state index in [1.165, 1.54) is 0 Å². The summed E-state index contributed by atoms with van der Waals surface area (Å²) in [7, 11) is 0. The third-order valence-corrected chi connectivity index (χ3v) is 3.80. The van der Waals surface area contributed by atoms with Crippen LogP contribution in [0.25, 0.3) is 11.4 Å². The first-order valence-electron chi connectivity index (χ1n) is 6.07. The van der Waals surface area contributed by atoms with Crippen molar-refractivity contribution in [1.29, 1.82) is 0 Å². The van der Waals surface area contributed by atoms with Crippen molar-refractivity contribution in [3.05, 3.63) is 51.5 Å². The van der Waals surface area contributed by atoms with Gasteiger partial charge in [-0.05, 0) is 36.1 Å². The molecule has 6 heteroatoms. The van der Waals surface area contributed by atoms with Gasteiger partial charge in [0.2, 0.25) is 11.7 Å². The van der Waals surface area contributed by atoms with Crippen molar-refractivity contribution < 1.29 is 4.52 Å². The Bertz CT molecular complexity index is 709. The lowest BCUT2D eigenvalue weighted by molar-refractivity contribution is 0.384. The highest BCUT2D eigenvalue weighted by atomic mass is 35.5. The number of aryl methyl sites for hydroxylation is 1. The fraction of sp³-hybridized carbons (Fsp3) is 0.143. The second-order valence-corrected chi connectivity index (χ2v) is 5.55. The molecule has 2 aromatic heterocycles. The Morgan fingerprint density at radius 3 is 3.00 bits per heavy atom. The third kappa shape index (κ3) is 2.84. The normalized spacial score (nSPS) is 10.7. The molecule has 2 heterocycles. The van der Waals surface area contributed by atoms with E-state index in [1.807, 2.05) is 41.9 Å². The topological polar surface area (TPSA) is 51.0 Å². The van der Waals surface area contributed by atoms with Gasteiger partial charge in [-0.15, -0.1) is 0 Å². The van der Waals surface area contributed by atoms with Gasteiger partial charge in [-0.1, -0.05) is 22.8 Å². The zero-order valence-corrected chi connectivity index (χ0v) is 12.3. The molecular formula is C14H12ClN3OS. The van der Waals surface area contributed by atoms with Gasteiger partial charge in [0.05, 0.1) is 17.3 Å². The minimum Gasteiger partial charge on any atom is -0.375 e. The molecule has 0 atom stereocenters. The maximum Gasteiger partial charge on any atom is 0.246 e. The van der Waals surface area contributed by atoms with Gasteiger partial charge in [-0.25, -0.2) is 0 Å². The number of rotatable bonds is 4. The summed E-state index contributed by atoms with van der Waals surface area (Å²) in [6, 6.07) is 7.81. The molecule has 20 heavy (non-hydrogen) atoms. The number of nitrogens with one attached hydrogen (secondary N) is 1. The fourth-order valence-electron chi connectivity index (χ4n) is 1.77. The molecule has 0 aliphatic carbocycles. The van der Waals surface area contributed by atoms with Crippen molar-refractivity contribution in [1.82, 2.24) is 10.1 Å². The van der Waals surface area contributed by atoms with E-state index < -0.39 is 0 Å². The van der Waals surface area contributed by atoms with Crippen LogP contribution in [0.15, 0.2) is 39.5 Å². The maximum atomic E-state index is 6.15. The van der Waals surface area contributed by atoms with Crippen LogP contribution < -0.4 is 5.32 Å². The van der Waals surface area contributed by atoms with E-state index in [0.717, 1.165) is 16.8 Å². The Hall–Kier alpha value is -1.85. The molecule has 0 saturated heterocycles. The van der Waals surface area contributed by atoms with Crippen molar-refractivity contribution >= 4 is 28.6 Å². The zero-order valence-electron chi connectivity index (χ0n) is 10.8. The fourth-order valence-corrected chi connectivity index (χ4v) is 2.71. The van der Waals surface area contributed by atoms with Crippen molar-refractivity contribution in [3.63, 3.8) is 0 Å². The Kier molecular flexibility index (Phi) is 3.71. The van der Waals surface area contributed by atoms with Gasteiger partial charge >= 0.3 is 0 Å². The predicted octanol–water partition coefficient (Wildman–Crippen LogP) is 4.37. The highest BCUT2D eigenvalue weighted by Crippen LogP contribution is 2.23. The van der Waals surface area contributed by atoms with Crippen LogP contribution in [-0.2, 0) is 6.54 Å². The van der Waals surface area contributed by atoms with Gasteiger partial charge in [-0.3, -0.25) is 0 Å². The Morgan fingerprint density at radius 1 is 1.35 bits per heavy atom. The number of thiophene rings is 1. The molecule has 0 unspecified atom stereocenters. The molecule has 0 aliphatic heterocycles. The van der Waals surface area contributed by atoms with Crippen LogP contribution >= 0.6 is 22.9 Å².